The molecule has 3 N–H and O–H groups in total. The third-order valence-corrected chi connectivity index (χ3v) is 4.45. The maximum absolute atomic E-state index is 12.8. The zero-order chi connectivity index (χ0) is 20.9. The molecule has 4 rings (SSSR count). The molecule has 0 aliphatic carbocycles. The van der Waals surface area contributed by atoms with Gasteiger partial charge in [-0.05, 0) is 38.1 Å². The minimum Gasteiger partial charge on any atom is -0.359 e. The van der Waals surface area contributed by atoms with Crippen LogP contribution in [0.3, 0.4) is 0 Å². The van der Waals surface area contributed by atoms with Crippen LogP contribution >= 0.6 is 0 Å². The van der Waals surface area contributed by atoms with E-state index in [1.54, 1.807) is 0 Å². The lowest BCUT2D eigenvalue weighted by Gasteiger charge is -2.16. The van der Waals surface area contributed by atoms with Gasteiger partial charge >= 0.3 is 6.18 Å². The molecule has 29 heavy (non-hydrogen) atoms. The predicted molar refractivity (Wildman–Crippen MR) is 99.5 cm³/mol. The summed E-state index contributed by atoms with van der Waals surface area (Å²) in [6.07, 6.45) is -2.76. The first-order valence-electron chi connectivity index (χ1n) is 8.75. The molecule has 152 valence electrons. The van der Waals surface area contributed by atoms with E-state index in [1.165, 1.54) is 29.2 Å². The van der Waals surface area contributed by atoms with Crippen LogP contribution in [0.5, 0.6) is 0 Å². The van der Waals surface area contributed by atoms with Gasteiger partial charge in [-0.15, -0.1) is 0 Å². The van der Waals surface area contributed by atoms with Gasteiger partial charge in [-0.3, -0.25) is 15.2 Å². The fourth-order valence-corrected chi connectivity index (χ4v) is 3.09. The van der Waals surface area contributed by atoms with Crippen LogP contribution < -0.4 is 10.9 Å². The number of pyridine rings is 1. The molecule has 1 atom stereocenters. The number of fused-ring (bicyclic) bond motifs is 3. The Labute approximate surface area is 161 Å². The summed E-state index contributed by atoms with van der Waals surface area (Å²) in [6.45, 7) is 3.73. The second-order valence-corrected chi connectivity index (χ2v) is 6.87. The zero-order valence-corrected chi connectivity index (χ0v) is 15.4. The van der Waals surface area contributed by atoms with Gasteiger partial charge in [-0.25, -0.2) is 14.3 Å². The van der Waals surface area contributed by atoms with Gasteiger partial charge in [0.15, 0.2) is 5.65 Å². The van der Waals surface area contributed by atoms with E-state index in [-0.39, 0.29) is 17.1 Å². The number of benzene rings is 1. The minimum absolute atomic E-state index is 0.00598. The number of halogens is 3. The molecule has 3 heterocycles. The van der Waals surface area contributed by atoms with Crippen LogP contribution in [-0.2, 0) is 6.18 Å². The SMILES string of the molecule is CC(C)NC(O)n1ncc2c3[nH]n(-c4ccc(C(F)(F)F)cc4)c(=O)c3cnc21. The summed E-state index contributed by atoms with van der Waals surface area (Å²) in [7, 11) is 0. The van der Waals surface area contributed by atoms with Gasteiger partial charge in [0, 0.05) is 12.2 Å². The van der Waals surface area contributed by atoms with Crippen molar-refractivity contribution in [1.29, 1.82) is 0 Å². The summed E-state index contributed by atoms with van der Waals surface area (Å²) in [6, 6.07) is 4.24. The molecule has 0 aliphatic heterocycles. The zero-order valence-electron chi connectivity index (χ0n) is 15.4. The fraction of sp³-hybridized carbons (Fsp3) is 0.278. The van der Waals surface area contributed by atoms with Crippen molar-refractivity contribution in [3.63, 3.8) is 0 Å². The van der Waals surface area contributed by atoms with Gasteiger partial charge in [-0.1, -0.05) is 0 Å². The largest absolute Gasteiger partial charge is 0.416 e. The first-order valence-corrected chi connectivity index (χ1v) is 8.75. The van der Waals surface area contributed by atoms with Crippen molar-refractivity contribution in [1.82, 2.24) is 29.9 Å². The number of hydrogen-bond donors (Lipinski definition) is 3. The van der Waals surface area contributed by atoms with E-state index >= 15 is 0 Å². The Bertz CT molecular complexity index is 1240. The highest BCUT2D eigenvalue weighted by Crippen LogP contribution is 2.29. The van der Waals surface area contributed by atoms with Crippen molar-refractivity contribution >= 4 is 21.9 Å². The Morgan fingerprint density at radius 1 is 1.14 bits per heavy atom. The number of aliphatic hydroxyl groups excluding tert-OH is 1. The van der Waals surface area contributed by atoms with Crippen molar-refractivity contribution in [2.45, 2.75) is 32.4 Å². The number of aromatic amines is 1. The quantitative estimate of drug-likeness (QED) is 0.452. The van der Waals surface area contributed by atoms with Gasteiger partial charge < -0.3 is 5.11 Å². The summed E-state index contributed by atoms with van der Waals surface area (Å²) in [5.41, 5.74) is -0.242. The summed E-state index contributed by atoms with van der Waals surface area (Å²) in [5, 5.41) is 20.9. The Kier molecular flexibility index (Phi) is 4.43. The molecule has 1 unspecified atom stereocenters. The second-order valence-electron chi connectivity index (χ2n) is 6.87. The summed E-state index contributed by atoms with van der Waals surface area (Å²) >= 11 is 0. The molecule has 0 saturated heterocycles. The van der Waals surface area contributed by atoms with Crippen LogP contribution in [0.2, 0.25) is 0 Å². The number of aliphatic hydroxyl groups is 1. The molecular formula is C18H17F3N6O2. The van der Waals surface area contributed by atoms with Crippen molar-refractivity contribution in [2.24, 2.45) is 0 Å². The summed E-state index contributed by atoms with van der Waals surface area (Å²) < 4.78 is 40.7. The second kappa shape index (κ2) is 6.71. The third-order valence-electron chi connectivity index (χ3n) is 4.45. The topological polar surface area (TPSA) is 101 Å². The smallest absolute Gasteiger partial charge is 0.359 e. The number of nitrogens with zero attached hydrogens (tertiary/aromatic N) is 4. The summed E-state index contributed by atoms with van der Waals surface area (Å²) in [4.78, 5) is 17.0. The highest BCUT2D eigenvalue weighted by atomic mass is 19.4. The fourth-order valence-electron chi connectivity index (χ4n) is 3.09. The molecule has 4 aromatic rings. The van der Waals surface area contributed by atoms with E-state index in [0.29, 0.717) is 16.6 Å². The third kappa shape index (κ3) is 3.28. The van der Waals surface area contributed by atoms with Crippen molar-refractivity contribution in [2.75, 3.05) is 0 Å². The van der Waals surface area contributed by atoms with Crippen LogP contribution in [0, 0.1) is 0 Å². The van der Waals surface area contributed by atoms with Gasteiger partial charge in [0.1, 0.15) is 0 Å². The van der Waals surface area contributed by atoms with Gasteiger partial charge in [0.05, 0.1) is 33.7 Å². The first kappa shape index (κ1) is 19.2. The molecule has 0 radical (unpaired) electrons. The van der Waals surface area contributed by atoms with Crippen LogP contribution in [0.4, 0.5) is 13.2 Å². The highest BCUT2D eigenvalue weighted by molar-refractivity contribution is 6.01. The molecular weight excluding hydrogens is 389 g/mol. The van der Waals surface area contributed by atoms with E-state index in [4.69, 9.17) is 0 Å². The van der Waals surface area contributed by atoms with Crippen LogP contribution in [0.1, 0.15) is 25.8 Å². The van der Waals surface area contributed by atoms with E-state index in [2.05, 4.69) is 20.5 Å². The van der Waals surface area contributed by atoms with E-state index in [9.17, 15) is 23.1 Å². The monoisotopic (exact) mass is 406 g/mol. The van der Waals surface area contributed by atoms with Crippen molar-refractivity contribution in [3.8, 4) is 5.69 Å². The van der Waals surface area contributed by atoms with Crippen molar-refractivity contribution in [3.05, 3.63) is 52.6 Å². The Morgan fingerprint density at radius 2 is 1.83 bits per heavy atom. The summed E-state index contributed by atoms with van der Waals surface area (Å²) in [5.74, 6) is 0. The number of alkyl halides is 3. The van der Waals surface area contributed by atoms with Crippen LogP contribution in [0.15, 0.2) is 41.5 Å². The van der Waals surface area contributed by atoms with Crippen LogP contribution in [0.25, 0.3) is 27.6 Å². The number of hydrogen-bond acceptors (Lipinski definition) is 5. The minimum atomic E-state index is -4.46. The molecule has 11 heteroatoms. The molecule has 8 nitrogen and oxygen atoms in total. The number of nitrogens with one attached hydrogen (secondary N) is 2. The number of rotatable bonds is 4. The molecule has 0 spiro atoms. The molecule has 3 aromatic heterocycles. The molecule has 0 bridgehead atoms. The maximum atomic E-state index is 12.8. The van der Waals surface area contributed by atoms with Gasteiger partial charge in [0.25, 0.3) is 5.56 Å². The first-order chi connectivity index (χ1) is 13.7. The van der Waals surface area contributed by atoms with Crippen LogP contribution in [-0.4, -0.2) is 35.7 Å². The van der Waals surface area contributed by atoms with Gasteiger partial charge in [0.2, 0.25) is 6.35 Å². The molecule has 0 saturated carbocycles. The molecule has 0 amide bonds. The average molecular weight is 406 g/mol. The van der Waals surface area contributed by atoms with Crippen molar-refractivity contribution < 1.29 is 18.3 Å². The Morgan fingerprint density at radius 3 is 2.45 bits per heavy atom. The molecule has 0 fully saturated rings. The Hall–Kier alpha value is -3.18. The average Bonchev–Trinajstić information content (AvgIpc) is 3.22. The maximum Gasteiger partial charge on any atom is 0.416 e. The van der Waals surface area contributed by atoms with Gasteiger partial charge in [-0.2, -0.15) is 18.3 Å². The Balaban J connectivity index is 1.82. The number of aromatic nitrogens is 5. The lowest BCUT2D eigenvalue weighted by atomic mass is 10.2. The van der Waals surface area contributed by atoms with E-state index in [1.807, 2.05) is 13.8 Å². The predicted octanol–water partition coefficient (Wildman–Crippen LogP) is 2.53. The lowest BCUT2D eigenvalue weighted by Crippen LogP contribution is -2.32. The standard InChI is InChI=1S/C18H17F3N6O2/c1-9(2)24-17(29)27-15-12(8-23-27)14-13(7-22-15)16(28)26(25-14)11-5-3-10(4-6-11)18(19,20)21/h3-9,17,24-25,29H,1-2H3. The van der Waals surface area contributed by atoms with E-state index in [0.717, 1.165) is 16.8 Å². The lowest BCUT2D eigenvalue weighted by molar-refractivity contribution is -0.137. The highest BCUT2D eigenvalue weighted by Gasteiger charge is 2.30. The van der Waals surface area contributed by atoms with E-state index < -0.39 is 23.7 Å². The normalized spacial score (nSPS) is 13.6. The number of H-pyrrole nitrogens is 1. The molecule has 1 aromatic carbocycles. The molecule has 0 aliphatic rings.